The van der Waals surface area contributed by atoms with Gasteiger partial charge in [0, 0.05) is 89.6 Å². The highest BCUT2D eigenvalue weighted by Gasteiger charge is 2.24. The summed E-state index contributed by atoms with van der Waals surface area (Å²) < 4.78 is 5.08. The predicted molar refractivity (Wildman–Crippen MR) is 121 cm³/mol. The number of benzene rings is 1. The average molecular weight is 457 g/mol. The number of nitro groups is 1. The number of ether oxygens (including phenoxy) is 1. The van der Waals surface area contributed by atoms with E-state index >= 15 is 0 Å². The van der Waals surface area contributed by atoms with Crippen molar-refractivity contribution in [1.29, 1.82) is 0 Å². The van der Waals surface area contributed by atoms with E-state index in [4.69, 9.17) is 4.74 Å². The van der Waals surface area contributed by atoms with E-state index < -0.39 is 4.92 Å². The molecule has 0 bridgehead atoms. The van der Waals surface area contributed by atoms with Crippen LogP contribution in [0.15, 0.2) is 42.9 Å². The minimum Gasteiger partial charge on any atom is -0.385 e. The van der Waals surface area contributed by atoms with Crippen LogP contribution in [-0.2, 0) is 9.53 Å². The van der Waals surface area contributed by atoms with Gasteiger partial charge in [0.05, 0.1) is 11.1 Å². The number of piperazine rings is 1. The lowest BCUT2D eigenvalue weighted by Gasteiger charge is -2.36. The topological polar surface area (TPSA) is 122 Å². The third kappa shape index (κ3) is 6.69. The van der Waals surface area contributed by atoms with E-state index in [-0.39, 0.29) is 29.6 Å². The summed E-state index contributed by atoms with van der Waals surface area (Å²) in [4.78, 5) is 49.5. The lowest BCUT2D eigenvalue weighted by molar-refractivity contribution is -0.384. The van der Waals surface area contributed by atoms with E-state index in [1.54, 1.807) is 29.0 Å². The van der Waals surface area contributed by atoms with Crippen LogP contribution in [0, 0.1) is 10.1 Å². The van der Waals surface area contributed by atoms with Crippen LogP contribution in [0.2, 0.25) is 0 Å². The molecule has 0 saturated carbocycles. The van der Waals surface area contributed by atoms with Crippen LogP contribution in [0.1, 0.15) is 23.3 Å². The Bertz CT molecular complexity index is 932. The fourth-order valence-corrected chi connectivity index (χ4v) is 3.67. The summed E-state index contributed by atoms with van der Waals surface area (Å²) in [5.41, 5.74) is 1.20. The lowest BCUT2D eigenvalue weighted by Crippen LogP contribution is -2.49. The summed E-state index contributed by atoms with van der Waals surface area (Å²) in [7, 11) is 1.61. The Morgan fingerprint density at radius 1 is 1.12 bits per heavy atom. The predicted octanol–water partition coefficient (Wildman–Crippen LogP) is 1.60. The number of rotatable bonds is 10. The summed E-state index contributed by atoms with van der Waals surface area (Å²) in [5.74, 6) is -0.267. The highest BCUT2D eigenvalue weighted by Crippen LogP contribution is 2.21. The molecule has 176 valence electrons. The molecule has 3 rings (SSSR count). The third-order valence-corrected chi connectivity index (χ3v) is 5.50. The van der Waals surface area contributed by atoms with E-state index in [9.17, 15) is 19.7 Å². The van der Waals surface area contributed by atoms with Crippen LogP contribution < -0.4 is 4.90 Å². The number of non-ortho nitro benzene ring substituents is 1. The normalized spacial score (nSPS) is 13.6. The minimum absolute atomic E-state index is 0.0120. The first-order chi connectivity index (χ1) is 16.0. The first-order valence-electron chi connectivity index (χ1n) is 10.8. The van der Waals surface area contributed by atoms with Gasteiger partial charge in [0.15, 0.2) is 0 Å². The molecule has 2 amide bonds. The monoisotopic (exact) mass is 456 g/mol. The fourth-order valence-electron chi connectivity index (χ4n) is 3.67. The average Bonchev–Trinajstić information content (AvgIpc) is 2.86. The molecule has 0 radical (unpaired) electrons. The lowest BCUT2D eigenvalue weighted by atomic mass is 10.2. The quantitative estimate of drug-likeness (QED) is 0.300. The van der Waals surface area contributed by atoms with Crippen molar-refractivity contribution in [3.63, 3.8) is 0 Å². The molecule has 2 aromatic rings. The molecule has 11 heteroatoms. The number of hydrogen-bond donors (Lipinski definition) is 0. The van der Waals surface area contributed by atoms with Crippen molar-refractivity contribution in [3.8, 4) is 0 Å². The van der Waals surface area contributed by atoms with Crippen LogP contribution >= 0.6 is 0 Å². The highest BCUT2D eigenvalue weighted by molar-refractivity contribution is 5.92. The maximum atomic E-state index is 12.8. The van der Waals surface area contributed by atoms with Gasteiger partial charge in [-0.1, -0.05) is 0 Å². The van der Waals surface area contributed by atoms with Gasteiger partial charge in [-0.05, 0) is 18.6 Å². The third-order valence-electron chi connectivity index (χ3n) is 5.50. The number of methoxy groups -OCH3 is 1. The molecule has 0 N–H and O–H groups in total. The zero-order valence-corrected chi connectivity index (χ0v) is 18.6. The maximum absolute atomic E-state index is 12.8. The van der Waals surface area contributed by atoms with E-state index in [0.29, 0.717) is 52.3 Å². The van der Waals surface area contributed by atoms with Crippen molar-refractivity contribution < 1.29 is 19.2 Å². The molecule has 1 aromatic carbocycles. The first kappa shape index (κ1) is 24.1. The molecule has 1 fully saturated rings. The van der Waals surface area contributed by atoms with Crippen LogP contribution in [0.4, 0.5) is 11.4 Å². The van der Waals surface area contributed by atoms with Gasteiger partial charge in [-0.25, -0.2) is 4.98 Å². The summed E-state index contributed by atoms with van der Waals surface area (Å²) in [6, 6.07) is 6.43. The van der Waals surface area contributed by atoms with Gasteiger partial charge < -0.3 is 19.4 Å². The summed E-state index contributed by atoms with van der Waals surface area (Å²) >= 11 is 0. The number of carbonyl (C=O) groups is 2. The number of anilines is 1. The largest absolute Gasteiger partial charge is 0.385 e. The second-order valence-corrected chi connectivity index (χ2v) is 7.62. The summed E-state index contributed by atoms with van der Waals surface area (Å²) in [5, 5.41) is 10.8. The van der Waals surface area contributed by atoms with Crippen LogP contribution in [0.5, 0.6) is 0 Å². The molecule has 1 aliphatic heterocycles. The molecule has 0 unspecified atom stereocenters. The van der Waals surface area contributed by atoms with Crippen LogP contribution in [-0.4, -0.2) is 89.5 Å². The van der Waals surface area contributed by atoms with E-state index in [1.165, 1.54) is 30.7 Å². The molecule has 0 atom stereocenters. The number of aromatic nitrogens is 2. The Morgan fingerprint density at radius 3 is 2.45 bits per heavy atom. The van der Waals surface area contributed by atoms with Gasteiger partial charge in [0.2, 0.25) is 5.91 Å². The van der Waals surface area contributed by atoms with Crippen molar-refractivity contribution in [3.05, 3.63) is 58.7 Å². The Kier molecular flexibility index (Phi) is 8.64. The summed E-state index contributed by atoms with van der Waals surface area (Å²) in [6.07, 6.45) is 5.27. The molecule has 1 aliphatic rings. The van der Waals surface area contributed by atoms with E-state index in [0.717, 1.165) is 5.69 Å². The van der Waals surface area contributed by atoms with Gasteiger partial charge in [-0.2, -0.15) is 0 Å². The van der Waals surface area contributed by atoms with Crippen LogP contribution in [0.25, 0.3) is 0 Å². The van der Waals surface area contributed by atoms with Crippen molar-refractivity contribution in [2.45, 2.75) is 12.8 Å². The SMILES string of the molecule is COCCCN(CCC(=O)N1CCN(c2ccc([N+](=O)[O-])cc2)CC1)C(=O)c1cnccn1. The van der Waals surface area contributed by atoms with Gasteiger partial charge >= 0.3 is 0 Å². The maximum Gasteiger partial charge on any atom is 0.274 e. The standard InChI is InChI=1S/C22H28N6O5/c1-33-16-2-10-27(22(30)20-17-23-8-9-24-20)11-7-21(29)26-14-12-25(13-15-26)18-3-5-19(6-4-18)28(31)32/h3-6,8-9,17H,2,7,10-16H2,1H3. The minimum atomic E-state index is -0.423. The molecule has 1 saturated heterocycles. The number of carbonyl (C=O) groups excluding carboxylic acids is 2. The van der Waals surface area contributed by atoms with Gasteiger partial charge in [0.1, 0.15) is 5.69 Å². The number of nitro benzene ring substituents is 1. The molecular weight excluding hydrogens is 428 g/mol. The first-order valence-corrected chi connectivity index (χ1v) is 10.8. The second kappa shape index (κ2) is 11.9. The van der Waals surface area contributed by atoms with E-state index in [1.807, 2.05) is 0 Å². The number of amides is 2. The van der Waals surface area contributed by atoms with Crippen LogP contribution in [0.3, 0.4) is 0 Å². The van der Waals surface area contributed by atoms with Gasteiger partial charge in [0.25, 0.3) is 11.6 Å². The Balaban J connectivity index is 1.52. The van der Waals surface area contributed by atoms with Gasteiger partial charge in [-0.15, -0.1) is 0 Å². The zero-order chi connectivity index (χ0) is 23.6. The van der Waals surface area contributed by atoms with Gasteiger partial charge in [-0.3, -0.25) is 24.7 Å². The second-order valence-electron chi connectivity index (χ2n) is 7.62. The fraction of sp³-hybridized carbons (Fsp3) is 0.455. The molecule has 0 spiro atoms. The van der Waals surface area contributed by atoms with Crippen molar-refractivity contribution >= 4 is 23.2 Å². The molecule has 0 aliphatic carbocycles. The molecule has 11 nitrogen and oxygen atoms in total. The Morgan fingerprint density at radius 2 is 1.85 bits per heavy atom. The number of nitrogens with zero attached hydrogens (tertiary/aromatic N) is 6. The molecular formula is C22H28N6O5. The van der Waals surface area contributed by atoms with E-state index in [2.05, 4.69) is 14.9 Å². The highest BCUT2D eigenvalue weighted by atomic mass is 16.6. The molecule has 1 aromatic heterocycles. The molecule has 2 heterocycles. The van der Waals surface area contributed by atoms with Crippen molar-refractivity contribution in [2.24, 2.45) is 0 Å². The Hall–Kier alpha value is -3.60. The van der Waals surface area contributed by atoms with Crippen molar-refractivity contribution in [1.82, 2.24) is 19.8 Å². The Labute approximate surface area is 192 Å². The number of hydrogen-bond acceptors (Lipinski definition) is 8. The smallest absolute Gasteiger partial charge is 0.274 e. The zero-order valence-electron chi connectivity index (χ0n) is 18.6. The molecule has 33 heavy (non-hydrogen) atoms. The summed E-state index contributed by atoms with van der Waals surface area (Å²) in [6.45, 7) is 3.66. The van der Waals surface area contributed by atoms with Crippen molar-refractivity contribution in [2.75, 3.05) is 57.9 Å².